The standard InChI is InChI=1S/C25H46NO2/c1-5-6-7-8-9-10-11-12-13-14-15-19-22-26(27-4,28-24(2)3)23-25-20-17-16-18-21-25/h16-18,20-21,24H,5-15,19,22-23H2,1-4H3/q+1. The van der Waals surface area contributed by atoms with Gasteiger partial charge < -0.3 is 0 Å². The molecule has 28 heavy (non-hydrogen) atoms. The van der Waals surface area contributed by atoms with Crippen molar-refractivity contribution in [3.8, 4) is 0 Å². The lowest BCUT2D eigenvalue weighted by atomic mass is 10.1. The van der Waals surface area contributed by atoms with Gasteiger partial charge in [0.2, 0.25) is 0 Å². The molecule has 0 spiro atoms. The van der Waals surface area contributed by atoms with Crippen LogP contribution in [0, 0.1) is 0 Å². The summed E-state index contributed by atoms with van der Waals surface area (Å²) in [6, 6.07) is 10.5. The molecule has 0 saturated carbocycles. The summed E-state index contributed by atoms with van der Waals surface area (Å²) in [6.07, 6.45) is 16.5. The van der Waals surface area contributed by atoms with Gasteiger partial charge in [0.25, 0.3) is 0 Å². The molecule has 0 heterocycles. The van der Waals surface area contributed by atoms with E-state index in [9.17, 15) is 0 Å². The van der Waals surface area contributed by atoms with Crippen LogP contribution in [0.15, 0.2) is 30.3 Å². The molecule has 0 aliphatic heterocycles. The van der Waals surface area contributed by atoms with Gasteiger partial charge in [-0.25, -0.2) is 0 Å². The van der Waals surface area contributed by atoms with E-state index in [1.807, 2.05) is 0 Å². The Balaban J connectivity index is 2.22. The maximum absolute atomic E-state index is 6.21. The Bertz CT molecular complexity index is 463. The van der Waals surface area contributed by atoms with Crippen molar-refractivity contribution in [1.82, 2.24) is 0 Å². The summed E-state index contributed by atoms with van der Waals surface area (Å²) < 4.78 is 0. The molecule has 1 aromatic rings. The van der Waals surface area contributed by atoms with E-state index >= 15 is 0 Å². The first-order valence-corrected chi connectivity index (χ1v) is 11.8. The molecule has 0 bridgehead atoms. The molecule has 0 saturated heterocycles. The summed E-state index contributed by atoms with van der Waals surface area (Å²) >= 11 is 0. The second-order valence-corrected chi connectivity index (χ2v) is 8.41. The van der Waals surface area contributed by atoms with Crippen molar-refractivity contribution in [2.75, 3.05) is 13.7 Å². The second-order valence-electron chi connectivity index (χ2n) is 8.41. The molecule has 0 fully saturated rings. The van der Waals surface area contributed by atoms with Crippen molar-refractivity contribution in [3.63, 3.8) is 0 Å². The van der Waals surface area contributed by atoms with Crippen LogP contribution in [0.4, 0.5) is 0 Å². The number of rotatable bonds is 18. The van der Waals surface area contributed by atoms with Gasteiger partial charge in [0.05, 0.1) is 7.11 Å². The molecular formula is C25H46NO2+. The van der Waals surface area contributed by atoms with Gasteiger partial charge in [-0.05, 0) is 25.1 Å². The molecule has 0 radical (unpaired) electrons. The number of hydrogen-bond acceptors (Lipinski definition) is 2. The Hall–Kier alpha value is -0.900. The minimum atomic E-state index is 0.140. The van der Waals surface area contributed by atoms with E-state index in [0.29, 0.717) is 0 Å². The fraction of sp³-hybridized carbons (Fsp3) is 0.760. The van der Waals surface area contributed by atoms with Crippen molar-refractivity contribution < 1.29 is 14.5 Å². The number of benzene rings is 1. The Morgan fingerprint density at radius 3 is 1.71 bits per heavy atom. The number of nitrogens with zero attached hydrogens (tertiary/aromatic N) is 1. The highest BCUT2D eigenvalue weighted by Crippen LogP contribution is 2.21. The van der Waals surface area contributed by atoms with Gasteiger partial charge in [0, 0.05) is 12.0 Å². The summed E-state index contributed by atoms with van der Waals surface area (Å²) in [5.41, 5.74) is 1.25. The van der Waals surface area contributed by atoms with Crippen LogP contribution in [0.5, 0.6) is 0 Å². The van der Waals surface area contributed by atoms with Crippen LogP contribution in [0.1, 0.15) is 103 Å². The highest BCUT2D eigenvalue weighted by atomic mass is 17.0. The van der Waals surface area contributed by atoms with Crippen LogP contribution < -0.4 is 0 Å². The Morgan fingerprint density at radius 1 is 0.750 bits per heavy atom. The van der Waals surface area contributed by atoms with Gasteiger partial charge >= 0.3 is 0 Å². The average Bonchev–Trinajstić information content (AvgIpc) is 2.69. The molecule has 162 valence electrons. The van der Waals surface area contributed by atoms with E-state index in [0.717, 1.165) is 19.5 Å². The average molecular weight is 393 g/mol. The largest absolute Gasteiger partial charge is 0.171 e. The highest BCUT2D eigenvalue weighted by molar-refractivity contribution is 5.13. The number of unbranched alkanes of at least 4 members (excludes halogenated alkanes) is 11. The number of quaternary nitrogens is 1. The smallest absolute Gasteiger partial charge is 0.168 e. The van der Waals surface area contributed by atoms with E-state index in [1.54, 1.807) is 7.11 Å². The van der Waals surface area contributed by atoms with E-state index in [4.69, 9.17) is 9.68 Å². The van der Waals surface area contributed by atoms with Gasteiger partial charge in [-0.1, -0.05) is 101 Å². The third kappa shape index (κ3) is 11.8. The molecule has 1 rings (SSSR count). The Morgan fingerprint density at radius 2 is 1.25 bits per heavy atom. The summed E-state index contributed by atoms with van der Waals surface area (Å²) in [6.45, 7) is 8.11. The third-order valence-corrected chi connectivity index (χ3v) is 5.35. The van der Waals surface area contributed by atoms with Crippen molar-refractivity contribution in [3.05, 3.63) is 35.9 Å². The molecule has 0 aromatic heterocycles. The molecule has 0 N–H and O–H groups in total. The lowest BCUT2D eigenvalue weighted by molar-refractivity contribution is -1.26. The van der Waals surface area contributed by atoms with E-state index in [2.05, 4.69) is 51.1 Å². The lowest BCUT2D eigenvalue weighted by Gasteiger charge is -2.33. The van der Waals surface area contributed by atoms with Crippen LogP contribution in [0.25, 0.3) is 0 Å². The third-order valence-electron chi connectivity index (χ3n) is 5.35. The van der Waals surface area contributed by atoms with Crippen LogP contribution in [0.2, 0.25) is 0 Å². The van der Waals surface area contributed by atoms with E-state index in [1.165, 1.54) is 76.2 Å². The van der Waals surface area contributed by atoms with E-state index in [-0.39, 0.29) is 10.9 Å². The normalized spacial score (nSPS) is 13.8. The number of hydrogen-bond donors (Lipinski definition) is 0. The van der Waals surface area contributed by atoms with Crippen molar-refractivity contribution in [2.45, 2.75) is 110 Å². The predicted molar refractivity (Wildman–Crippen MR) is 120 cm³/mol. The molecule has 1 aromatic carbocycles. The molecule has 1 atom stereocenters. The maximum atomic E-state index is 6.21. The first-order chi connectivity index (χ1) is 13.6. The van der Waals surface area contributed by atoms with Crippen LogP contribution in [0.3, 0.4) is 0 Å². The molecule has 0 amide bonds. The van der Waals surface area contributed by atoms with Gasteiger partial charge in [-0.2, -0.15) is 9.68 Å². The lowest BCUT2D eigenvalue weighted by Crippen LogP contribution is -2.48. The SMILES string of the molecule is CCCCCCCCCCCCCC[N+](Cc1ccccc1)(OC)OC(C)C. The topological polar surface area (TPSA) is 18.5 Å². The summed E-state index contributed by atoms with van der Waals surface area (Å²) in [5, 5.41) is 0. The summed E-state index contributed by atoms with van der Waals surface area (Å²) in [4.78, 5) is 12.3. The van der Waals surface area contributed by atoms with Crippen molar-refractivity contribution >= 4 is 0 Å². The predicted octanol–water partition coefficient (Wildman–Crippen LogP) is 7.61. The number of hydroxylamine groups is 4. The van der Waals surface area contributed by atoms with Gasteiger partial charge in [-0.3, -0.25) is 0 Å². The minimum absolute atomic E-state index is 0.140. The van der Waals surface area contributed by atoms with Crippen molar-refractivity contribution in [2.24, 2.45) is 0 Å². The van der Waals surface area contributed by atoms with E-state index < -0.39 is 0 Å². The zero-order chi connectivity index (χ0) is 20.5. The molecular weight excluding hydrogens is 346 g/mol. The molecule has 0 aliphatic rings. The highest BCUT2D eigenvalue weighted by Gasteiger charge is 2.32. The summed E-state index contributed by atoms with van der Waals surface area (Å²) in [5.74, 6) is 0. The Kier molecular flexibility index (Phi) is 14.3. The quantitative estimate of drug-likeness (QED) is 0.145. The van der Waals surface area contributed by atoms with Crippen LogP contribution in [-0.2, 0) is 16.2 Å². The van der Waals surface area contributed by atoms with Crippen LogP contribution >= 0.6 is 0 Å². The van der Waals surface area contributed by atoms with Gasteiger partial charge in [0.15, 0.2) is 6.54 Å². The van der Waals surface area contributed by atoms with Gasteiger partial charge in [0.1, 0.15) is 12.6 Å². The molecule has 3 heteroatoms. The van der Waals surface area contributed by atoms with Crippen molar-refractivity contribution in [1.29, 1.82) is 0 Å². The fourth-order valence-corrected chi connectivity index (χ4v) is 3.81. The minimum Gasteiger partial charge on any atom is -0.171 e. The Labute approximate surface area is 174 Å². The second kappa shape index (κ2) is 16.0. The first-order valence-electron chi connectivity index (χ1n) is 11.8. The molecule has 3 nitrogen and oxygen atoms in total. The zero-order valence-electron chi connectivity index (χ0n) is 19.1. The fourth-order valence-electron chi connectivity index (χ4n) is 3.81. The van der Waals surface area contributed by atoms with Gasteiger partial charge in [-0.15, -0.1) is 0 Å². The molecule has 1 unspecified atom stereocenters. The zero-order valence-corrected chi connectivity index (χ0v) is 19.1. The molecule has 0 aliphatic carbocycles. The first kappa shape index (κ1) is 25.1. The summed E-state index contributed by atoms with van der Waals surface area (Å²) in [7, 11) is 1.77. The monoisotopic (exact) mass is 392 g/mol. The van der Waals surface area contributed by atoms with Crippen LogP contribution in [-0.4, -0.2) is 24.6 Å². The maximum Gasteiger partial charge on any atom is 0.168 e.